The molecule has 2 atom stereocenters. The average molecular weight is 629 g/mol. The number of hydrogen-bond donors (Lipinski definition) is 3. The lowest BCUT2D eigenvalue weighted by atomic mass is 9.93. The van der Waals surface area contributed by atoms with Crippen LogP contribution in [-0.4, -0.2) is 53.1 Å². The van der Waals surface area contributed by atoms with E-state index in [1.54, 1.807) is 20.8 Å². The van der Waals surface area contributed by atoms with Gasteiger partial charge in [0.05, 0.1) is 6.54 Å². The second-order valence-electron chi connectivity index (χ2n) is 12.3. The van der Waals surface area contributed by atoms with Crippen molar-refractivity contribution in [2.24, 2.45) is 0 Å². The highest BCUT2D eigenvalue weighted by molar-refractivity contribution is 5.91. The van der Waals surface area contributed by atoms with Gasteiger partial charge in [0.2, 0.25) is 11.8 Å². The molecule has 0 saturated carbocycles. The van der Waals surface area contributed by atoms with Gasteiger partial charge in [-0.05, 0) is 62.3 Å². The second kappa shape index (κ2) is 16.5. The molecular weight excluding hydrogens is 584 g/mol. The highest BCUT2D eigenvalue weighted by atomic mass is 16.6. The zero-order chi connectivity index (χ0) is 32.9. The number of benzene rings is 3. The van der Waals surface area contributed by atoms with E-state index in [2.05, 4.69) is 16.0 Å². The standard InChI is InChI=1S/C36H44N4O6/c1-36(2,3)46-35(44)40-24-29-19-11-10-18-28(29)22-31(40)33(42)39-30(32(41)38-23-26-14-6-4-7-15-26)20-12-13-21-37-34(43)45-25-27-16-8-5-9-17-27/h4-11,14-19,30-31H,12-13,20-25H2,1-3H3,(H,37,43)(H,38,41)(H,39,42)/t30-,31?/m0/s1. The average Bonchev–Trinajstić information content (AvgIpc) is 3.05. The molecular formula is C36H44N4O6. The van der Waals surface area contributed by atoms with Crippen LogP contribution in [0.5, 0.6) is 0 Å². The van der Waals surface area contributed by atoms with Gasteiger partial charge in [-0.3, -0.25) is 14.5 Å². The molecule has 46 heavy (non-hydrogen) atoms. The van der Waals surface area contributed by atoms with Gasteiger partial charge in [0.1, 0.15) is 24.3 Å². The van der Waals surface area contributed by atoms with Crippen molar-refractivity contribution < 1.29 is 28.7 Å². The first-order chi connectivity index (χ1) is 22.1. The third-order valence-corrected chi connectivity index (χ3v) is 7.52. The largest absolute Gasteiger partial charge is 0.445 e. The van der Waals surface area contributed by atoms with Crippen LogP contribution >= 0.6 is 0 Å². The van der Waals surface area contributed by atoms with Crippen molar-refractivity contribution in [1.82, 2.24) is 20.9 Å². The molecule has 10 heteroatoms. The minimum absolute atomic E-state index is 0.175. The molecule has 0 radical (unpaired) electrons. The maximum Gasteiger partial charge on any atom is 0.411 e. The van der Waals surface area contributed by atoms with E-state index in [0.29, 0.717) is 38.8 Å². The van der Waals surface area contributed by atoms with Gasteiger partial charge in [0.15, 0.2) is 0 Å². The maximum atomic E-state index is 13.8. The number of rotatable bonds is 12. The molecule has 244 valence electrons. The molecule has 0 aliphatic carbocycles. The van der Waals surface area contributed by atoms with Crippen LogP contribution in [0.2, 0.25) is 0 Å². The van der Waals surface area contributed by atoms with Gasteiger partial charge >= 0.3 is 12.2 Å². The van der Waals surface area contributed by atoms with Crippen LogP contribution in [0.4, 0.5) is 9.59 Å². The summed E-state index contributed by atoms with van der Waals surface area (Å²) >= 11 is 0. The number of unbranched alkanes of at least 4 members (excludes halogenated alkanes) is 1. The number of nitrogens with one attached hydrogen (secondary N) is 3. The molecule has 3 aromatic rings. The zero-order valence-corrected chi connectivity index (χ0v) is 26.8. The smallest absolute Gasteiger partial charge is 0.411 e. The molecule has 0 saturated heterocycles. The van der Waals surface area contributed by atoms with Crippen LogP contribution in [-0.2, 0) is 45.2 Å². The van der Waals surface area contributed by atoms with Crippen molar-refractivity contribution in [2.75, 3.05) is 6.54 Å². The third-order valence-electron chi connectivity index (χ3n) is 7.52. The third kappa shape index (κ3) is 10.6. The number of carbonyl (C=O) groups excluding carboxylic acids is 4. The van der Waals surface area contributed by atoms with Crippen LogP contribution in [0.15, 0.2) is 84.9 Å². The van der Waals surface area contributed by atoms with E-state index in [-0.39, 0.29) is 19.1 Å². The normalized spacial score (nSPS) is 14.8. The van der Waals surface area contributed by atoms with E-state index in [1.165, 1.54) is 4.90 Å². The summed E-state index contributed by atoms with van der Waals surface area (Å²) in [5.74, 6) is -0.754. The van der Waals surface area contributed by atoms with Gasteiger partial charge in [-0.1, -0.05) is 84.9 Å². The topological polar surface area (TPSA) is 126 Å². The van der Waals surface area contributed by atoms with E-state index in [1.807, 2.05) is 84.9 Å². The van der Waals surface area contributed by atoms with Crippen molar-refractivity contribution in [2.45, 2.75) is 83.8 Å². The molecule has 1 heterocycles. The van der Waals surface area contributed by atoms with Crippen molar-refractivity contribution in [3.8, 4) is 0 Å². The highest BCUT2D eigenvalue weighted by Crippen LogP contribution is 2.26. The summed E-state index contributed by atoms with van der Waals surface area (Å²) in [5.41, 5.74) is 3.00. The summed E-state index contributed by atoms with van der Waals surface area (Å²) < 4.78 is 10.9. The van der Waals surface area contributed by atoms with Gasteiger partial charge < -0.3 is 25.4 Å². The van der Waals surface area contributed by atoms with Crippen molar-refractivity contribution >= 4 is 24.0 Å². The van der Waals surface area contributed by atoms with Gasteiger partial charge in [0.25, 0.3) is 0 Å². The number of nitrogens with zero attached hydrogens (tertiary/aromatic N) is 1. The van der Waals surface area contributed by atoms with Crippen molar-refractivity contribution in [3.05, 3.63) is 107 Å². The summed E-state index contributed by atoms with van der Waals surface area (Å²) in [4.78, 5) is 54.0. The predicted octanol–water partition coefficient (Wildman–Crippen LogP) is 5.25. The molecule has 10 nitrogen and oxygen atoms in total. The molecule has 4 rings (SSSR count). The van der Waals surface area contributed by atoms with E-state index < -0.39 is 35.8 Å². The Morgan fingerprint density at radius 1 is 0.826 bits per heavy atom. The fourth-order valence-electron chi connectivity index (χ4n) is 5.15. The Labute approximate surface area is 270 Å². The lowest BCUT2D eigenvalue weighted by Gasteiger charge is -2.37. The lowest BCUT2D eigenvalue weighted by molar-refractivity contribution is -0.132. The van der Waals surface area contributed by atoms with Gasteiger partial charge in [-0.2, -0.15) is 0 Å². The molecule has 0 spiro atoms. The van der Waals surface area contributed by atoms with Crippen LogP contribution in [0.3, 0.4) is 0 Å². The highest BCUT2D eigenvalue weighted by Gasteiger charge is 2.38. The Kier molecular flexibility index (Phi) is 12.2. The lowest BCUT2D eigenvalue weighted by Crippen LogP contribution is -2.57. The minimum atomic E-state index is -0.852. The summed E-state index contributed by atoms with van der Waals surface area (Å²) in [5, 5.41) is 8.59. The molecule has 1 aliphatic heterocycles. The fourth-order valence-corrected chi connectivity index (χ4v) is 5.15. The first-order valence-electron chi connectivity index (χ1n) is 15.7. The van der Waals surface area contributed by atoms with Gasteiger partial charge in [-0.25, -0.2) is 9.59 Å². The Morgan fingerprint density at radius 3 is 2.13 bits per heavy atom. The summed E-state index contributed by atoms with van der Waals surface area (Å²) in [6, 6.07) is 24.9. The predicted molar refractivity (Wildman–Crippen MR) is 174 cm³/mol. The van der Waals surface area contributed by atoms with Crippen LogP contribution < -0.4 is 16.0 Å². The van der Waals surface area contributed by atoms with Crippen molar-refractivity contribution in [3.63, 3.8) is 0 Å². The van der Waals surface area contributed by atoms with E-state index in [9.17, 15) is 19.2 Å². The van der Waals surface area contributed by atoms with Gasteiger partial charge in [0, 0.05) is 19.5 Å². The van der Waals surface area contributed by atoms with Crippen molar-refractivity contribution in [1.29, 1.82) is 0 Å². The molecule has 1 unspecified atom stereocenters. The summed E-state index contributed by atoms with van der Waals surface area (Å²) in [6.45, 7) is 6.40. The molecule has 0 bridgehead atoms. The zero-order valence-electron chi connectivity index (χ0n) is 26.8. The Hall–Kier alpha value is -4.86. The van der Waals surface area contributed by atoms with Gasteiger partial charge in [-0.15, -0.1) is 0 Å². The Bertz CT molecular complexity index is 1460. The number of alkyl carbamates (subject to hydrolysis) is 1. The Balaban J connectivity index is 1.38. The monoisotopic (exact) mass is 628 g/mol. The quantitative estimate of drug-likeness (QED) is 0.236. The minimum Gasteiger partial charge on any atom is -0.445 e. The molecule has 3 N–H and O–H groups in total. The maximum absolute atomic E-state index is 13.8. The Morgan fingerprint density at radius 2 is 1.46 bits per heavy atom. The van der Waals surface area contributed by atoms with E-state index >= 15 is 0 Å². The SMILES string of the molecule is CC(C)(C)OC(=O)N1Cc2ccccc2CC1C(=O)N[C@@H](CCCCNC(=O)OCc1ccccc1)C(=O)NCc1ccccc1. The molecule has 1 aliphatic rings. The number of carbonyl (C=O) groups is 4. The molecule has 0 aromatic heterocycles. The fraction of sp³-hybridized carbons (Fsp3) is 0.389. The summed E-state index contributed by atoms with van der Waals surface area (Å²) in [6.07, 6.45) is 0.648. The number of hydrogen-bond acceptors (Lipinski definition) is 6. The van der Waals surface area contributed by atoms with E-state index in [0.717, 1.165) is 22.3 Å². The number of ether oxygens (including phenoxy) is 2. The second-order valence-corrected chi connectivity index (χ2v) is 12.3. The van der Waals surface area contributed by atoms with Crippen LogP contribution in [0, 0.1) is 0 Å². The number of amides is 4. The molecule has 3 aromatic carbocycles. The number of fused-ring (bicyclic) bond motifs is 1. The van der Waals surface area contributed by atoms with Crippen LogP contribution in [0.25, 0.3) is 0 Å². The first-order valence-corrected chi connectivity index (χ1v) is 15.7. The first kappa shape index (κ1) is 34.0. The molecule has 4 amide bonds. The van der Waals surface area contributed by atoms with Crippen LogP contribution in [0.1, 0.15) is 62.3 Å². The molecule has 0 fully saturated rings. The van der Waals surface area contributed by atoms with E-state index in [4.69, 9.17) is 9.47 Å². The summed E-state index contributed by atoms with van der Waals surface area (Å²) in [7, 11) is 0.